The standard InChI is InChI=1S/C21H22ClN3O5S/c1-4-14(12-8-6-5-7-9-12)23-16-17(20(28)19(16)27)24-15-11-10-13(22)21(18(15)26)31(29,30)25(2)3/h5-11,14,23-24,26H,4H2,1-3H3. The van der Waals surface area contributed by atoms with Gasteiger partial charge in [0.15, 0.2) is 5.75 Å². The number of aromatic hydroxyl groups is 1. The molecule has 0 aromatic heterocycles. The van der Waals surface area contributed by atoms with E-state index in [0.29, 0.717) is 6.42 Å². The molecular formula is C21H22ClN3O5S. The molecule has 0 aliphatic carbocycles. The normalized spacial score (nSPS) is 12.8. The fraction of sp³-hybridized carbons (Fsp3) is 0.238. The van der Waals surface area contributed by atoms with Gasteiger partial charge in [-0.3, -0.25) is 9.59 Å². The number of halogens is 1. The summed E-state index contributed by atoms with van der Waals surface area (Å²) in [6.07, 6.45) is 0.652. The first-order valence-electron chi connectivity index (χ1n) is 9.45. The topological polar surface area (TPSA) is 116 Å². The largest absolute Gasteiger partial charge is 0.504 e. The van der Waals surface area contributed by atoms with Gasteiger partial charge in [-0.1, -0.05) is 48.9 Å². The van der Waals surface area contributed by atoms with Gasteiger partial charge in [0.1, 0.15) is 16.3 Å². The van der Waals surface area contributed by atoms with Crippen molar-refractivity contribution in [1.82, 2.24) is 4.31 Å². The van der Waals surface area contributed by atoms with E-state index in [4.69, 9.17) is 11.6 Å². The molecule has 31 heavy (non-hydrogen) atoms. The molecule has 0 saturated carbocycles. The molecular weight excluding hydrogens is 442 g/mol. The molecule has 0 aliphatic heterocycles. The Hall–Kier alpha value is -2.88. The quantitative estimate of drug-likeness (QED) is 0.347. The van der Waals surface area contributed by atoms with Crippen molar-refractivity contribution in [3.05, 3.63) is 73.5 Å². The molecule has 0 aliphatic rings. The van der Waals surface area contributed by atoms with Gasteiger partial charge >= 0.3 is 0 Å². The summed E-state index contributed by atoms with van der Waals surface area (Å²) in [6.45, 7) is 1.94. The summed E-state index contributed by atoms with van der Waals surface area (Å²) in [5, 5.41) is 16.2. The maximum Gasteiger partial charge on any atom is 0.253 e. The number of hydrogen-bond acceptors (Lipinski definition) is 7. The summed E-state index contributed by atoms with van der Waals surface area (Å²) >= 11 is 6.01. The van der Waals surface area contributed by atoms with Crippen molar-refractivity contribution < 1.29 is 13.5 Å². The number of phenolic OH excluding ortho intramolecular Hbond substituents is 1. The Morgan fingerprint density at radius 3 is 2.23 bits per heavy atom. The average Bonchev–Trinajstić information content (AvgIpc) is 2.74. The summed E-state index contributed by atoms with van der Waals surface area (Å²) in [7, 11) is -1.45. The van der Waals surface area contributed by atoms with Crippen molar-refractivity contribution in [3.63, 3.8) is 0 Å². The summed E-state index contributed by atoms with van der Waals surface area (Å²) < 4.78 is 26.0. The number of hydrogen-bond donors (Lipinski definition) is 3. The molecule has 3 rings (SSSR count). The number of phenols is 1. The summed E-state index contributed by atoms with van der Waals surface area (Å²) in [4.78, 5) is 23.9. The van der Waals surface area contributed by atoms with Gasteiger partial charge < -0.3 is 15.7 Å². The third-order valence-corrected chi connectivity index (χ3v) is 7.24. The van der Waals surface area contributed by atoms with Gasteiger partial charge in [0.2, 0.25) is 10.0 Å². The van der Waals surface area contributed by atoms with E-state index in [1.807, 2.05) is 37.3 Å². The molecule has 0 heterocycles. The van der Waals surface area contributed by atoms with Crippen LogP contribution in [0.4, 0.5) is 17.1 Å². The van der Waals surface area contributed by atoms with Crippen molar-refractivity contribution in [2.75, 3.05) is 24.7 Å². The Morgan fingerprint density at radius 1 is 1.03 bits per heavy atom. The number of benzene rings is 2. The molecule has 3 aromatic carbocycles. The highest BCUT2D eigenvalue weighted by Crippen LogP contribution is 2.39. The van der Waals surface area contributed by atoms with Crippen LogP contribution in [0.15, 0.2) is 56.9 Å². The fourth-order valence-corrected chi connectivity index (χ4v) is 4.62. The van der Waals surface area contributed by atoms with E-state index in [2.05, 4.69) is 10.6 Å². The van der Waals surface area contributed by atoms with E-state index in [1.54, 1.807) is 0 Å². The second kappa shape index (κ2) is 8.70. The average molecular weight is 464 g/mol. The SMILES string of the molecule is CCC(Nc1c(Nc2ccc(Cl)c(S(=O)(=O)N(C)C)c2O)c(=O)c1=O)c1ccccc1. The zero-order chi connectivity index (χ0) is 22.9. The molecule has 0 spiro atoms. The van der Waals surface area contributed by atoms with Gasteiger partial charge in [0.05, 0.1) is 16.8 Å². The van der Waals surface area contributed by atoms with Crippen LogP contribution in [0.2, 0.25) is 5.02 Å². The minimum atomic E-state index is -4.05. The number of nitrogens with zero attached hydrogens (tertiary/aromatic N) is 1. The van der Waals surface area contributed by atoms with Crippen LogP contribution >= 0.6 is 11.6 Å². The van der Waals surface area contributed by atoms with Crippen LogP contribution < -0.4 is 21.5 Å². The smallest absolute Gasteiger partial charge is 0.253 e. The fourth-order valence-electron chi connectivity index (χ4n) is 3.14. The molecule has 164 valence electrons. The monoisotopic (exact) mass is 463 g/mol. The minimum Gasteiger partial charge on any atom is -0.504 e. The lowest BCUT2D eigenvalue weighted by atomic mass is 10.0. The van der Waals surface area contributed by atoms with Crippen molar-refractivity contribution in [3.8, 4) is 5.75 Å². The number of sulfonamides is 1. The molecule has 0 radical (unpaired) electrons. The second-order valence-corrected chi connectivity index (χ2v) is 9.61. The van der Waals surface area contributed by atoms with Gasteiger partial charge in [0, 0.05) is 14.1 Å². The van der Waals surface area contributed by atoms with Crippen molar-refractivity contribution in [2.24, 2.45) is 0 Å². The van der Waals surface area contributed by atoms with Crippen LogP contribution in [-0.4, -0.2) is 31.9 Å². The van der Waals surface area contributed by atoms with Crippen LogP contribution in [0, 0.1) is 0 Å². The van der Waals surface area contributed by atoms with Gasteiger partial charge in [-0.25, -0.2) is 12.7 Å². The Labute approximate surface area is 184 Å². The molecule has 0 bridgehead atoms. The van der Waals surface area contributed by atoms with Crippen molar-refractivity contribution >= 4 is 38.7 Å². The van der Waals surface area contributed by atoms with Crippen molar-refractivity contribution in [2.45, 2.75) is 24.3 Å². The Kier molecular flexibility index (Phi) is 6.40. The van der Waals surface area contributed by atoms with E-state index in [1.165, 1.54) is 26.2 Å². The first kappa shape index (κ1) is 22.8. The zero-order valence-electron chi connectivity index (χ0n) is 17.1. The highest BCUT2D eigenvalue weighted by atomic mass is 35.5. The first-order chi connectivity index (χ1) is 14.6. The van der Waals surface area contributed by atoms with Crippen LogP contribution in [0.25, 0.3) is 0 Å². The van der Waals surface area contributed by atoms with E-state index < -0.39 is 31.5 Å². The first-order valence-corrected chi connectivity index (χ1v) is 11.3. The lowest BCUT2D eigenvalue weighted by Crippen LogP contribution is -2.37. The van der Waals surface area contributed by atoms with Crippen LogP contribution in [0.5, 0.6) is 5.75 Å². The molecule has 10 heteroatoms. The third kappa shape index (κ3) is 4.16. The molecule has 3 N–H and O–H groups in total. The van der Waals surface area contributed by atoms with Gasteiger partial charge in [-0.15, -0.1) is 0 Å². The van der Waals surface area contributed by atoms with Crippen LogP contribution in [0.1, 0.15) is 24.9 Å². The number of nitrogens with one attached hydrogen (secondary N) is 2. The van der Waals surface area contributed by atoms with E-state index in [0.717, 1.165) is 9.87 Å². The van der Waals surface area contributed by atoms with E-state index in [-0.39, 0.29) is 28.1 Å². The molecule has 3 aromatic rings. The molecule has 0 fully saturated rings. The zero-order valence-corrected chi connectivity index (χ0v) is 18.7. The Balaban J connectivity index is 1.98. The Bertz CT molecular complexity index is 1280. The summed E-state index contributed by atoms with van der Waals surface area (Å²) in [5.41, 5.74) is -0.550. The van der Waals surface area contributed by atoms with Crippen molar-refractivity contribution in [1.29, 1.82) is 0 Å². The molecule has 0 saturated heterocycles. The highest BCUT2D eigenvalue weighted by Gasteiger charge is 2.29. The minimum absolute atomic E-state index is 0.0507. The highest BCUT2D eigenvalue weighted by molar-refractivity contribution is 7.89. The summed E-state index contributed by atoms with van der Waals surface area (Å²) in [5.74, 6) is -0.643. The van der Waals surface area contributed by atoms with E-state index in [9.17, 15) is 23.1 Å². The maximum absolute atomic E-state index is 12.5. The number of anilines is 3. The lowest BCUT2D eigenvalue weighted by Gasteiger charge is -2.22. The molecule has 8 nitrogen and oxygen atoms in total. The Morgan fingerprint density at radius 2 is 1.65 bits per heavy atom. The molecule has 0 amide bonds. The van der Waals surface area contributed by atoms with Gasteiger partial charge in [-0.2, -0.15) is 0 Å². The molecule has 1 atom stereocenters. The predicted molar refractivity (Wildman–Crippen MR) is 122 cm³/mol. The summed E-state index contributed by atoms with van der Waals surface area (Å²) in [6, 6.07) is 11.8. The predicted octanol–water partition coefficient (Wildman–Crippen LogP) is 3.20. The van der Waals surface area contributed by atoms with Gasteiger partial charge in [-0.05, 0) is 24.1 Å². The molecule has 1 unspecified atom stereocenters. The van der Waals surface area contributed by atoms with Crippen LogP contribution in [-0.2, 0) is 10.0 Å². The number of rotatable bonds is 8. The lowest BCUT2D eigenvalue weighted by molar-refractivity contribution is 0.455. The van der Waals surface area contributed by atoms with Crippen LogP contribution in [0.3, 0.4) is 0 Å². The third-order valence-electron chi connectivity index (χ3n) is 4.92. The maximum atomic E-state index is 12.5. The van der Waals surface area contributed by atoms with E-state index >= 15 is 0 Å². The van der Waals surface area contributed by atoms with Gasteiger partial charge in [0.25, 0.3) is 10.9 Å². The second-order valence-electron chi connectivity index (χ2n) is 7.11.